The summed E-state index contributed by atoms with van der Waals surface area (Å²) in [6.45, 7) is 0.231. The van der Waals surface area contributed by atoms with E-state index in [-0.39, 0.29) is 17.9 Å². The molecule has 0 unspecified atom stereocenters. The number of aliphatic hydroxyl groups excluding tert-OH is 1. The highest BCUT2D eigenvalue weighted by atomic mass is 32.2. The lowest BCUT2D eigenvalue weighted by Crippen LogP contribution is -2.50. The van der Waals surface area contributed by atoms with Crippen molar-refractivity contribution in [2.45, 2.75) is 43.4 Å². The van der Waals surface area contributed by atoms with Crippen LogP contribution in [0.1, 0.15) is 44.1 Å². The van der Waals surface area contributed by atoms with E-state index in [1.165, 1.54) is 19.3 Å². The Labute approximate surface area is 187 Å². The lowest BCUT2D eigenvalue weighted by atomic mass is 9.48. The van der Waals surface area contributed by atoms with E-state index in [0.29, 0.717) is 5.76 Å². The van der Waals surface area contributed by atoms with E-state index in [4.69, 9.17) is 0 Å². The van der Waals surface area contributed by atoms with Crippen molar-refractivity contribution in [3.05, 3.63) is 65.9 Å². The van der Waals surface area contributed by atoms with E-state index < -0.39 is 0 Å². The number of benzene rings is 2. The Morgan fingerprint density at radius 2 is 1.58 bits per heavy atom. The van der Waals surface area contributed by atoms with Gasteiger partial charge >= 0.3 is 0 Å². The molecule has 1 heterocycles. The van der Waals surface area contributed by atoms with Gasteiger partial charge in [0.25, 0.3) is 0 Å². The van der Waals surface area contributed by atoms with Crippen LogP contribution in [0, 0.1) is 23.2 Å². The molecule has 1 aliphatic heterocycles. The summed E-state index contributed by atoms with van der Waals surface area (Å²) in [6, 6.07) is 17.6. The molecule has 4 aliphatic carbocycles. The largest absolute Gasteiger partial charge is 0.505 e. The molecule has 0 aromatic heterocycles. The van der Waals surface area contributed by atoms with Crippen LogP contribution in [0.2, 0.25) is 0 Å². The van der Waals surface area contributed by atoms with Crippen LogP contribution < -0.4 is 5.32 Å². The molecule has 0 radical (unpaired) electrons. The molecule has 4 nitrogen and oxygen atoms in total. The Hall–Kier alpha value is -2.40. The third-order valence-corrected chi connectivity index (χ3v) is 8.79. The van der Waals surface area contributed by atoms with Gasteiger partial charge in [-0.25, -0.2) is 0 Å². The summed E-state index contributed by atoms with van der Waals surface area (Å²) >= 11 is 1.61. The maximum atomic E-state index is 13.0. The number of allylic oxidation sites excluding steroid dienone is 1. The number of aliphatic hydroxyl groups is 1. The van der Waals surface area contributed by atoms with Crippen LogP contribution in [0.5, 0.6) is 0 Å². The van der Waals surface area contributed by atoms with E-state index in [1.807, 2.05) is 54.6 Å². The fourth-order valence-electron chi connectivity index (χ4n) is 7.03. The first-order valence-corrected chi connectivity index (χ1v) is 12.2. The van der Waals surface area contributed by atoms with E-state index in [2.05, 4.69) is 9.62 Å². The molecule has 7 rings (SSSR count). The highest BCUT2D eigenvalue weighted by Gasteiger charge is 2.55. The maximum absolute atomic E-state index is 13.0. The molecule has 0 atom stereocenters. The van der Waals surface area contributed by atoms with E-state index >= 15 is 0 Å². The van der Waals surface area contributed by atoms with Gasteiger partial charge in [0, 0.05) is 21.6 Å². The van der Waals surface area contributed by atoms with Crippen LogP contribution in [0.4, 0.5) is 5.69 Å². The second kappa shape index (κ2) is 7.33. The summed E-state index contributed by atoms with van der Waals surface area (Å²) in [5.41, 5.74) is 2.74. The van der Waals surface area contributed by atoms with Gasteiger partial charge in [-0.15, -0.1) is 0 Å². The fourth-order valence-corrected chi connectivity index (χ4v) is 8.23. The Kier molecular flexibility index (Phi) is 4.57. The number of carbonyl (C=O) groups excluding carboxylic acids is 1. The highest BCUT2D eigenvalue weighted by Crippen LogP contribution is 2.65. The van der Waals surface area contributed by atoms with Crippen LogP contribution in [0.25, 0.3) is 5.76 Å². The molecule has 5 heteroatoms. The quantitative estimate of drug-likeness (QED) is 0.574. The van der Waals surface area contributed by atoms with Gasteiger partial charge in [0.2, 0.25) is 5.91 Å². The molecule has 2 aromatic rings. The van der Waals surface area contributed by atoms with Gasteiger partial charge in [0.15, 0.2) is 0 Å². The number of nitrogens with one attached hydrogen (secondary N) is 1. The molecule has 2 N–H and O–H groups in total. The smallest absolute Gasteiger partial charge is 0.244 e. The first kappa shape index (κ1) is 19.3. The Morgan fingerprint density at radius 3 is 2.26 bits per heavy atom. The highest BCUT2D eigenvalue weighted by molar-refractivity contribution is 7.97. The van der Waals surface area contributed by atoms with Crippen molar-refractivity contribution in [3.8, 4) is 0 Å². The Balaban J connectivity index is 1.36. The SMILES string of the molecule is O=C(CN1Sc2ccccc2C(O)=C1C12CC3CC(CC(C3)C1)C2)Nc1ccccc1. The summed E-state index contributed by atoms with van der Waals surface area (Å²) in [5, 5.41) is 14.6. The predicted octanol–water partition coefficient (Wildman–Crippen LogP) is 6.09. The molecule has 160 valence electrons. The first-order chi connectivity index (χ1) is 15.1. The zero-order valence-corrected chi connectivity index (χ0v) is 18.4. The monoisotopic (exact) mass is 432 g/mol. The van der Waals surface area contributed by atoms with Crippen molar-refractivity contribution in [1.82, 2.24) is 4.31 Å². The summed E-state index contributed by atoms with van der Waals surface area (Å²) in [6.07, 6.45) is 7.51. The number of nitrogens with zero attached hydrogens (tertiary/aromatic N) is 1. The third kappa shape index (κ3) is 3.34. The number of amides is 1. The second-order valence-corrected chi connectivity index (χ2v) is 11.0. The summed E-state index contributed by atoms with van der Waals surface area (Å²) in [5.74, 6) is 2.66. The number of rotatable bonds is 4. The van der Waals surface area contributed by atoms with Crippen molar-refractivity contribution in [1.29, 1.82) is 0 Å². The number of fused-ring (bicyclic) bond motifs is 1. The van der Waals surface area contributed by atoms with Crippen LogP contribution in [-0.4, -0.2) is 21.9 Å². The van der Waals surface area contributed by atoms with E-state index in [9.17, 15) is 9.90 Å². The summed E-state index contributed by atoms with van der Waals surface area (Å²) in [4.78, 5) is 14.0. The number of hydrogen-bond acceptors (Lipinski definition) is 4. The van der Waals surface area contributed by atoms with E-state index in [0.717, 1.165) is 58.9 Å². The minimum atomic E-state index is -0.0480. The van der Waals surface area contributed by atoms with Gasteiger partial charge in [0.05, 0.1) is 5.70 Å². The Bertz CT molecular complexity index is 1010. The molecule has 4 bridgehead atoms. The molecule has 0 saturated heterocycles. The normalized spacial score (nSPS) is 31.0. The average molecular weight is 433 g/mol. The topological polar surface area (TPSA) is 52.6 Å². The minimum Gasteiger partial charge on any atom is -0.505 e. The number of anilines is 1. The number of carbonyl (C=O) groups is 1. The van der Waals surface area contributed by atoms with Crippen LogP contribution in [-0.2, 0) is 4.79 Å². The second-order valence-electron chi connectivity index (χ2n) is 9.93. The van der Waals surface area contributed by atoms with Crippen molar-refractivity contribution in [3.63, 3.8) is 0 Å². The van der Waals surface area contributed by atoms with Gasteiger partial charge in [-0.1, -0.05) is 30.3 Å². The molecular formula is C26H28N2O2S. The van der Waals surface area contributed by atoms with Gasteiger partial charge < -0.3 is 14.7 Å². The molecule has 0 spiro atoms. The molecule has 5 aliphatic rings. The third-order valence-electron chi connectivity index (χ3n) is 7.71. The van der Waals surface area contributed by atoms with E-state index in [1.54, 1.807) is 11.9 Å². The first-order valence-electron chi connectivity index (χ1n) is 11.4. The van der Waals surface area contributed by atoms with Crippen molar-refractivity contribution < 1.29 is 9.90 Å². The molecular weight excluding hydrogens is 404 g/mol. The van der Waals surface area contributed by atoms with Gasteiger partial charge in [-0.05, 0) is 92.5 Å². The molecule has 4 saturated carbocycles. The summed E-state index contributed by atoms with van der Waals surface area (Å²) in [7, 11) is 0. The van der Waals surface area contributed by atoms with Gasteiger partial charge in [-0.2, -0.15) is 0 Å². The zero-order valence-electron chi connectivity index (χ0n) is 17.6. The van der Waals surface area contributed by atoms with Gasteiger partial charge in [0.1, 0.15) is 12.3 Å². The average Bonchev–Trinajstić information content (AvgIpc) is 2.73. The maximum Gasteiger partial charge on any atom is 0.244 e. The van der Waals surface area contributed by atoms with Crippen molar-refractivity contribution in [2.75, 3.05) is 11.9 Å². The van der Waals surface area contributed by atoms with Crippen LogP contribution in [0.3, 0.4) is 0 Å². The molecule has 2 aromatic carbocycles. The number of hydrogen-bond donors (Lipinski definition) is 2. The van der Waals surface area contributed by atoms with Crippen molar-refractivity contribution in [2.24, 2.45) is 23.2 Å². The summed E-state index contributed by atoms with van der Waals surface area (Å²) < 4.78 is 2.10. The fraction of sp³-hybridized carbons (Fsp3) is 0.423. The lowest BCUT2D eigenvalue weighted by Gasteiger charge is -2.59. The van der Waals surface area contributed by atoms with Gasteiger partial charge in [-0.3, -0.25) is 4.79 Å². The molecule has 4 fully saturated rings. The number of para-hydroxylation sites is 1. The zero-order chi connectivity index (χ0) is 21.0. The van der Waals surface area contributed by atoms with Crippen LogP contribution in [0.15, 0.2) is 65.2 Å². The minimum absolute atomic E-state index is 0.00634. The molecule has 1 amide bonds. The van der Waals surface area contributed by atoms with Crippen LogP contribution >= 0.6 is 11.9 Å². The Morgan fingerprint density at radius 1 is 0.968 bits per heavy atom. The molecule has 31 heavy (non-hydrogen) atoms. The lowest BCUT2D eigenvalue weighted by molar-refractivity contribution is -0.116. The van der Waals surface area contributed by atoms with Crippen molar-refractivity contribution >= 4 is 29.3 Å². The standard InChI is InChI=1S/C26H28N2O2S/c29-23(27-20-6-2-1-3-7-20)16-28-25(24(30)21-8-4-5-9-22(21)31-28)26-13-17-10-18(14-26)12-19(11-17)15-26/h1-9,17-19,30H,10-16H2,(H,27,29). The predicted molar refractivity (Wildman–Crippen MR) is 124 cm³/mol.